The Morgan fingerprint density at radius 3 is 2.36 bits per heavy atom. The summed E-state index contributed by atoms with van der Waals surface area (Å²) in [6.45, 7) is 3.31. The number of allylic oxidation sites excluding steroid dienone is 2. The fourth-order valence-corrected chi connectivity index (χ4v) is 0.609. The summed E-state index contributed by atoms with van der Waals surface area (Å²) in [5, 5.41) is 0. The number of hydrogen-bond donors (Lipinski definition) is 0. The third-order valence-electron chi connectivity index (χ3n) is 1.26. The first-order chi connectivity index (χ1) is 6.67. The van der Waals surface area contributed by atoms with Gasteiger partial charge in [0.05, 0.1) is 6.26 Å². The molecule has 0 aliphatic carbocycles. The average molecular weight is 196 g/mol. The van der Waals surface area contributed by atoms with Crippen molar-refractivity contribution in [2.24, 2.45) is 0 Å². The van der Waals surface area contributed by atoms with Crippen molar-refractivity contribution in [2.45, 2.75) is 0 Å². The maximum Gasteiger partial charge on any atom is 0.868 e. The van der Waals surface area contributed by atoms with Gasteiger partial charge in [0.1, 0.15) is 0 Å². The van der Waals surface area contributed by atoms with Gasteiger partial charge in [0, 0.05) is 5.57 Å². The lowest BCUT2D eigenvalue weighted by Gasteiger charge is -1.99. The largest absolute Gasteiger partial charge is 0.868 e. The van der Waals surface area contributed by atoms with Crippen LogP contribution in [0.5, 0.6) is 0 Å². The fourth-order valence-electron chi connectivity index (χ4n) is 0.609. The molecule has 0 aromatic heterocycles. The number of carbonyl (C=O) groups is 3. The molecule has 0 aromatic rings. The predicted molar refractivity (Wildman–Crippen MR) is 43.4 cm³/mol. The van der Waals surface area contributed by atoms with E-state index in [1.165, 1.54) is 6.08 Å². The van der Waals surface area contributed by atoms with E-state index in [1.54, 1.807) is 0 Å². The monoisotopic (exact) mass is 196 g/mol. The lowest BCUT2D eigenvalue weighted by molar-refractivity contribution is -0.150. The van der Waals surface area contributed by atoms with Gasteiger partial charge in [-0.15, -0.1) is 0 Å². The van der Waals surface area contributed by atoms with Crippen molar-refractivity contribution < 1.29 is 28.3 Å². The molecule has 7 heteroatoms. The quantitative estimate of drug-likeness (QED) is 0.148. The molecule has 1 heterocycles. The SMILES string of the molecule is C=CC(C=O)=COB1OC(=O)C(=O)O1. The molecule has 0 atom stereocenters. The van der Waals surface area contributed by atoms with Gasteiger partial charge in [0.15, 0.2) is 6.29 Å². The third kappa shape index (κ3) is 2.22. The molecule has 14 heavy (non-hydrogen) atoms. The van der Waals surface area contributed by atoms with E-state index in [9.17, 15) is 14.4 Å². The zero-order chi connectivity index (χ0) is 10.6. The molecular weight excluding hydrogens is 191 g/mol. The van der Waals surface area contributed by atoms with E-state index in [4.69, 9.17) is 0 Å². The van der Waals surface area contributed by atoms with E-state index in [0.29, 0.717) is 6.29 Å². The summed E-state index contributed by atoms with van der Waals surface area (Å²) in [6, 6.07) is 0. The van der Waals surface area contributed by atoms with E-state index in [-0.39, 0.29) is 5.57 Å². The zero-order valence-corrected chi connectivity index (χ0v) is 6.97. The molecule has 0 radical (unpaired) electrons. The van der Waals surface area contributed by atoms with Crippen molar-refractivity contribution in [3.63, 3.8) is 0 Å². The van der Waals surface area contributed by atoms with Crippen molar-refractivity contribution in [3.05, 3.63) is 24.5 Å². The summed E-state index contributed by atoms with van der Waals surface area (Å²) in [7, 11) is -1.43. The van der Waals surface area contributed by atoms with Gasteiger partial charge in [-0.2, -0.15) is 0 Å². The van der Waals surface area contributed by atoms with Gasteiger partial charge in [0.25, 0.3) is 0 Å². The van der Waals surface area contributed by atoms with E-state index >= 15 is 0 Å². The van der Waals surface area contributed by atoms with Crippen molar-refractivity contribution in [1.82, 2.24) is 0 Å². The molecule has 1 saturated heterocycles. The van der Waals surface area contributed by atoms with Crippen LogP contribution in [0.3, 0.4) is 0 Å². The van der Waals surface area contributed by atoms with Gasteiger partial charge in [-0.25, -0.2) is 9.59 Å². The van der Waals surface area contributed by atoms with Gasteiger partial charge in [-0.3, -0.25) is 4.79 Å². The molecule has 0 aromatic carbocycles. The highest BCUT2D eigenvalue weighted by atomic mass is 16.8. The standard InChI is InChI=1S/C7H5BO6/c1-2-5(3-9)4-12-8-13-6(10)7(11)14-8/h2-4H,1H2. The lowest BCUT2D eigenvalue weighted by atomic mass is 10.2. The van der Waals surface area contributed by atoms with Crippen LogP contribution in [0.25, 0.3) is 0 Å². The second kappa shape index (κ2) is 4.26. The highest BCUT2D eigenvalue weighted by molar-refractivity contribution is 6.55. The smallest absolute Gasteiger partial charge is 0.495 e. The van der Waals surface area contributed by atoms with Crippen LogP contribution in [-0.2, 0) is 28.3 Å². The molecule has 0 unspecified atom stereocenters. The third-order valence-corrected chi connectivity index (χ3v) is 1.26. The highest BCUT2D eigenvalue weighted by Crippen LogP contribution is 2.05. The first-order valence-corrected chi connectivity index (χ1v) is 3.52. The Hall–Kier alpha value is -2.05. The summed E-state index contributed by atoms with van der Waals surface area (Å²) in [5.74, 6) is -2.26. The van der Waals surface area contributed by atoms with E-state index in [1.807, 2.05) is 0 Å². The van der Waals surface area contributed by atoms with Crippen molar-refractivity contribution in [1.29, 1.82) is 0 Å². The molecule has 0 bridgehead atoms. The average Bonchev–Trinajstić information content (AvgIpc) is 2.48. The molecule has 0 N–H and O–H groups in total. The Bertz CT molecular complexity index is 294. The molecule has 0 spiro atoms. The van der Waals surface area contributed by atoms with E-state index in [2.05, 4.69) is 20.5 Å². The molecule has 1 aliphatic rings. The summed E-state index contributed by atoms with van der Waals surface area (Å²) in [6.07, 6.45) is 2.67. The van der Waals surface area contributed by atoms with Gasteiger partial charge in [-0.1, -0.05) is 12.7 Å². The fraction of sp³-hybridized carbons (Fsp3) is 0. The Morgan fingerprint density at radius 1 is 1.36 bits per heavy atom. The minimum Gasteiger partial charge on any atom is -0.495 e. The summed E-state index contributed by atoms with van der Waals surface area (Å²) < 4.78 is 13.2. The van der Waals surface area contributed by atoms with Crippen LogP contribution in [0.2, 0.25) is 0 Å². The second-order valence-electron chi connectivity index (χ2n) is 2.18. The number of hydrogen-bond acceptors (Lipinski definition) is 6. The van der Waals surface area contributed by atoms with Crippen LogP contribution in [0.1, 0.15) is 0 Å². The Labute approximate surface area is 79.3 Å². The normalized spacial score (nSPS) is 16.0. The lowest BCUT2D eigenvalue weighted by Crippen LogP contribution is -2.17. The van der Waals surface area contributed by atoms with Gasteiger partial charge in [-0.05, 0) is 0 Å². The molecule has 1 rings (SSSR count). The van der Waals surface area contributed by atoms with Crippen LogP contribution in [0.15, 0.2) is 24.5 Å². The maximum absolute atomic E-state index is 10.5. The molecular formula is C7H5BO6. The topological polar surface area (TPSA) is 78.9 Å². The van der Waals surface area contributed by atoms with Gasteiger partial charge in [0.2, 0.25) is 0 Å². The van der Waals surface area contributed by atoms with Crippen LogP contribution in [-0.4, -0.2) is 25.5 Å². The molecule has 1 fully saturated rings. The van der Waals surface area contributed by atoms with Crippen LogP contribution in [0, 0.1) is 0 Å². The van der Waals surface area contributed by atoms with Crippen LogP contribution < -0.4 is 0 Å². The van der Waals surface area contributed by atoms with Crippen molar-refractivity contribution in [3.8, 4) is 0 Å². The first kappa shape index (κ1) is 10.0. The zero-order valence-electron chi connectivity index (χ0n) is 6.97. The minimum atomic E-state index is -1.43. The van der Waals surface area contributed by atoms with Gasteiger partial charge >= 0.3 is 19.3 Å². The Balaban J connectivity index is 2.51. The predicted octanol–water partition coefficient (Wildman–Crippen LogP) is -0.643. The first-order valence-electron chi connectivity index (χ1n) is 3.52. The maximum atomic E-state index is 10.5. The minimum absolute atomic E-state index is 0.129. The van der Waals surface area contributed by atoms with Crippen LogP contribution >= 0.6 is 0 Å². The Morgan fingerprint density at radius 2 is 1.93 bits per heavy atom. The van der Waals surface area contributed by atoms with E-state index in [0.717, 1.165) is 6.26 Å². The molecule has 6 nitrogen and oxygen atoms in total. The number of aldehydes is 1. The highest BCUT2D eigenvalue weighted by Gasteiger charge is 2.45. The molecule has 1 aliphatic heterocycles. The molecule has 0 amide bonds. The molecule has 72 valence electrons. The summed E-state index contributed by atoms with van der Waals surface area (Å²) >= 11 is 0. The van der Waals surface area contributed by atoms with Crippen molar-refractivity contribution in [2.75, 3.05) is 0 Å². The summed E-state index contributed by atoms with van der Waals surface area (Å²) in [5.41, 5.74) is 0.129. The number of carbonyl (C=O) groups excluding carboxylic acids is 3. The Kier molecular flexibility index (Phi) is 3.06. The van der Waals surface area contributed by atoms with Crippen molar-refractivity contribution >= 4 is 25.5 Å². The second-order valence-corrected chi connectivity index (χ2v) is 2.18. The van der Waals surface area contributed by atoms with E-state index < -0.39 is 19.3 Å². The summed E-state index contributed by atoms with van der Waals surface area (Å²) in [4.78, 5) is 31.2. The van der Waals surface area contributed by atoms with Gasteiger partial charge < -0.3 is 14.0 Å². The molecule has 0 saturated carbocycles. The van der Waals surface area contributed by atoms with Crippen LogP contribution in [0.4, 0.5) is 0 Å². The number of rotatable bonds is 4.